The summed E-state index contributed by atoms with van der Waals surface area (Å²) in [7, 11) is 0. The summed E-state index contributed by atoms with van der Waals surface area (Å²) in [5, 5.41) is 3.45. The molecule has 24 heavy (non-hydrogen) atoms. The van der Waals surface area contributed by atoms with Crippen molar-refractivity contribution in [3.63, 3.8) is 0 Å². The summed E-state index contributed by atoms with van der Waals surface area (Å²) in [6.07, 6.45) is 0.455. The van der Waals surface area contributed by atoms with Crippen LogP contribution in [0.4, 0.5) is 0 Å². The molecule has 0 bridgehead atoms. The third-order valence-corrected chi connectivity index (χ3v) is 3.92. The molecule has 1 aliphatic rings. The van der Waals surface area contributed by atoms with Gasteiger partial charge in [0, 0.05) is 11.4 Å². The number of rotatable bonds is 5. The Kier molecular flexibility index (Phi) is 4.97. The third-order valence-electron chi connectivity index (χ3n) is 3.39. The van der Waals surface area contributed by atoms with Gasteiger partial charge in [-0.15, -0.1) is 0 Å². The molecule has 1 N–H and O–H groups in total. The first-order valence-corrected chi connectivity index (χ1v) is 7.92. The van der Waals surface area contributed by atoms with E-state index < -0.39 is 17.9 Å². The lowest BCUT2D eigenvalue weighted by Crippen LogP contribution is -2.37. The number of cyclic esters (lactones) is 1. The average molecular weight is 370 g/mol. The molecule has 1 unspecified atom stereocenters. The molecule has 126 valence electrons. The lowest BCUT2D eigenvalue weighted by Gasteiger charge is -2.07. The summed E-state index contributed by atoms with van der Waals surface area (Å²) >= 11 is 11.8. The Morgan fingerprint density at radius 3 is 2.83 bits per heavy atom. The quantitative estimate of drug-likeness (QED) is 0.818. The normalized spacial score (nSPS) is 16.8. The molecule has 1 aromatic heterocycles. The van der Waals surface area contributed by atoms with E-state index in [0.29, 0.717) is 34.6 Å². The van der Waals surface area contributed by atoms with Crippen LogP contribution in [0.5, 0.6) is 5.75 Å². The molecule has 1 atom stereocenters. The molecule has 1 aromatic carbocycles. The van der Waals surface area contributed by atoms with Crippen LogP contribution in [0.15, 0.2) is 34.7 Å². The number of halogens is 2. The van der Waals surface area contributed by atoms with Crippen molar-refractivity contribution in [1.29, 1.82) is 0 Å². The number of furan rings is 1. The lowest BCUT2D eigenvalue weighted by atomic mass is 10.2. The molecular weight excluding hydrogens is 357 g/mol. The number of esters is 1. The predicted octanol–water partition coefficient (Wildman–Crippen LogP) is 3.21. The van der Waals surface area contributed by atoms with Crippen LogP contribution in [0.3, 0.4) is 0 Å². The van der Waals surface area contributed by atoms with Crippen molar-refractivity contribution in [3.8, 4) is 5.75 Å². The van der Waals surface area contributed by atoms with Crippen LogP contribution >= 0.6 is 23.2 Å². The maximum Gasteiger partial charge on any atom is 0.328 e. The third kappa shape index (κ3) is 3.83. The molecule has 1 saturated heterocycles. The molecule has 0 saturated carbocycles. The molecule has 0 aliphatic carbocycles. The minimum Gasteiger partial charge on any atom is -0.484 e. The van der Waals surface area contributed by atoms with Crippen LogP contribution in [0, 0.1) is 0 Å². The second-order valence-corrected chi connectivity index (χ2v) is 5.96. The number of ether oxygens (including phenoxy) is 2. The van der Waals surface area contributed by atoms with Crippen LogP contribution in [-0.4, -0.2) is 24.5 Å². The number of carbonyl (C=O) groups excluding carboxylic acids is 2. The molecule has 3 rings (SSSR count). The van der Waals surface area contributed by atoms with Gasteiger partial charge < -0.3 is 19.2 Å². The number of carbonyl (C=O) groups is 2. The van der Waals surface area contributed by atoms with Crippen LogP contribution in [0.2, 0.25) is 10.0 Å². The van der Waals surface area contributed by atoms with Gasteiger partial charge in [0.05, 0.1) is 11.6 Å². The standard InChI is InChI=1S/C16H13Cl2NO5/c17-9-1-3-13(11(18)7-9)23-8-10-2-4-14(24-10)15(20)19-12-5-6-22-16(12)21/h1-4,7,12H,5-6,8H2,(H,19,20). The Morgan fingerprint density at radius 1 is 1.29 bits per heavy atom. The second kappa shape index (κ2) is 7.15. The van der Waals surface area contributed by atoms with E-state index in [1.165, 1.54) is 6.07 Å². The van der Waals surface area contributed by atoms with Gasteiger partial charge in [-0.1, -0.05) is 23.2 Å². The topological polar surface area (TPSA) is 77.8 Å². The van der Waals surface area contributed by atoms with E-state index in [1.54, 1.807) is 24.3 Å². The Labute approximate surface area is 147 Å². The van der Waals surface area contributed by atoms with Crippen molar-refractivity contribution in [2.75, 3.05) is 6.61 Å². The Hall–Kier alpha value is -2.18. The summed E-state index contributed by atoms with van der Waals surface area (Å²) in [6, 6.07) is 7.37. The first kappa shape index (κ1) is 16.7. The van der Waals surface area contributed by atoms with Crippen LogP contribution in [-0.2, 0) is 16.1 Å². The summed E-state index contributed by atoms with van der Waals surface area (Å²) in [6.45, 7) is 0.406. The fourth-order valence-electron chi connectivity index (χ4n) is 2.17. The monoisotopic (exact) mass is 369 g/mol. The SMILES string of the molecule is O=C(NC1CCOC1=O)c1ccc(COc2ccc(Cl)cc2Cl)o1. The Morgan fingerprint density at radius 2 is 2.12 bits per heavy atom. The lowest BCUT2D eigenvalue weighted by molar-refractivity contribution is -0.139. The molecule has 0 spiro atoms. The van der Waals surface area contributed by atoms with E-state index in [2.05, 4.69) is 5.32 Å². The number of benzene rings is 1. The van der Waals surface area contributed by atoms with Crippen molar-refractivity contribution in [2.45, 2.75) is 19.1 Å². The minimum absolute atomic E-state index is 0.0931. The molecule has 0 radical (unpaired) electrons. The zero-order valence-corrected chi connectivity index (χ0v) is 13.9. The van der Waals surface area contributed by atoms with Crippen molar-refractivity contribution >= 4 is 35.1 Å². The average Bonchev–Trinajstić information content (AvgIpc) is 3.16. The van der Waals surface area contributed by atoms with Gasteiger partial charge in [-0.25, -0.2) is 4.79 Å². The van der Waals surface area contributed by atoms with Crippen molar-refractivity contribution in [3.05, 3.63) is 51.9 Å². The zero-order valence-electron chi connectivity index (χ0n) is 12.4. The molecule has 2 aromatic rings. The van der Waals surface area contributed by atoms with E-state index in [9.17, 15) is 9.59 Å². The highest BCUT2D eigenvalue weighted by molar-refractivity contribution is 6.35. The number of hydrogen-bond donors (Lipinski definition) is 1. The minimum atomic E-state index is -0.629. The maximum absolute atomic E-state index is 12.0. The van der Waals surface area contributed by atoms with Crippen molar-refractivity contribution in [1.82, 2.24) is 5.32 Å². The second-order valence-electron chi connectivity index (χ2n) is 5.11. The summed E-state index contributed by atoms with van der Waals surface area (Å²) < 4.78 is 15.7. The number of nitrogens with one attached hydrogen (secondary N) is 1. The first-order valence-electron chi connectivity index (χ1n) is 7.17. The highest BCUT2D eigenvalue weighted by atomic mass is 35.5. The van der Waals surface area contributed by atoms with Gasteiger partial charge in [-0.2, -0.15) is 0 Å². The van der Waals surface area contributed by atoms with Crippen LogP contribution in [0.25, 0.3) is 0 Å². The highest BCUT2D eigenvalue weighted by Gasteiger charge is 2.29. The fraction of sp³-hybridized carbons (Fsp3) is 0.250. The van der Waals surface area contributed by atoms with Crippen molar-refractivity contribution in [2.24, 2.45) is 0 Å². The van der Waals surface area contributed by atoms with Gasteiger partial charge in [0.15, 0.2) is 5.76 Å². The van der Waals surface area contributed by atoms with Crippen LogP contribution < -0.4 is 10.1 Å². The largest absolute Gasteiger partial charge is 0.484 e. The zero-order chi connectivity index (χ0) is 17.1. The van der Waals surface area contributed by atoms with Gasteiger partial charge in [-0.05, 0) is 30.3 Å². The summed E-state index contributed by atoms with van der Waals surface area (Å²) in [4.78, 5) is 23.4. The van der Waals surface area contributed by atoms with Gasteiger partial charge in [0.2, 0.25) is 0 Å². The Balaban J connectivity index is 1.58. The van der Waals surface area contributed by atoms with Gasteiger partial charge >= 0.3 is 5.97 Å². The Bertz CT molecular complexity index is 774. The van der Waals surface area contributed by atoms with E-state index in [0.717, 1.165) is 0 Å². The smallest absolute Gasteiger partial charge is 0.328 e. The molecule has 8 heteroatoms. The van der Waals surface area contributed by atoms with Crippen molar-refractivity contribution < 1.29 is 23.5 Å². The number of hydrogen-bond acceptors (Lipinski definition) is 5. The molecule has 1 amide bonds. The van der Waals surface area contributed by atoms with E-state index >= 15 is 0 Å². The summed E-state index contributed by atoms with van der Waals surface area (Å²) in [5.74, 6) is 0.0818. The number of amides is 1. The molecule has 1 fully saturated rings. The van der Waals surface area contributed by atoms with E-state index in [1.807, 2.05) is 0 Å². The molecule has 2 heterocycles. The maximum atomic E-state index is 12.0. The van der Waals surface area contributed by atoms with Gasteiger partial charge in [0.1, 0.15) is 24.2 Å². The van der Waals surface area contributed by atoms with Gasteiger partial charge in [0.25, 0.3) is 5.91 Å². The first-order chi connectivity index (χ1) is 11.5. The van der Waals surface area contributed by atoms with E-state index in [4.69, 9.17) is 37.1 Å². The molecule has 6 nitrogen and oxygen atoms in total. The predicted molar refractivity (Wildman–Crippen MR) is 86.3 cm³/mol. The van der Waals surface area contributed by atoms with Gasteiger partial charge in [-0.3, -0.25) is 4.79 Å². The molecule has 1 aliphatic heterocycles. The van der Waals surface area contributed by atoms with E-state index in [-0.39, 0.29) is 12.4 Å². The van der Waals surface area contributed by atoms with Crippen LogP contribution in [0.1, 0.15) is 22.7 Å². The molecular formula is C16H13Cl2NO5. The highest BCUT2D eigenvalue weighted by Crippen LogP contribution is 2.28. The fourth-order valence-corrected chi connectivity index (χ4v) is 2.64. The summed E-state index contributed by atoms with van der Waals surface area (Å²) in [5.41, 5.74) is 0.